The summed E-state index contributed by atoms with van der Waals surface area (Å²) in [6.45, 7) is 1.73. The first kappa shape index (κ1) is 16.4. The molecular formula is C15H16N6O2S. The lowest BCUT2D eigenvalue weighted by Crippen LogP contribution is -2.54. The molecule has 9 heteroatoms. The molecule has 124 valence electrons. The maximum Gasteiger partial charge on any atom is 0.416 e. The van der Waals surface area contributed by atoms with Crippen LogP contribution in [0.3, 0.4) is 0 Å². The molecule has 3 heterocycles. The van der Waals surface area contributed by atoms with Gasteiger partial charge in [-0.05, 0) is 12.3 Å². The van der Waals surface area contributed by atoms with E-state index in [0.717, 1.165) is 0 Å². The Bertz CT molecular complexity index is 793. The van der Waals surface area contributed by atoms with Crippen LogP contribution in [-0.2, 0) is 0 Å². The summed E-state index contributed by atoms with van der Waals surface area (Å²) in [5.74, 6) is 0.191. The second kappa shape index (κ2) is 7.42. The highest BCUT2D eigenvalue weighted by Gasteiger charge is 2.28. The molecule has 1 atom stereocenters. The van der Waals surface area contributed by atoms with Crippen molar-refractivity contribution < 1.29 is 9.53 Å². The molecule has 0 bridgehead atoms. The van der Waals surface area contributed by atoms with Gasteiger partial charge in [0.2, 0.25) is 5.88 Å². The van der Waals surface area contributed by atoms with E-state index in [0.29, 0.717) is 35.7 Å². The molecule has 0 aliphatic carbocycles. The number of hydrogen-bond donors (Lipinski definition) is 1. The van der Waals surface area contributed by atoms with Crippen LogP contribution in [-0.4, -0.2) is 57.9 Å². The Hall–Kier alpha value is -2.44. The molecule has 1 aliphatic rings. The van der Waals surface area contributed by atoms with Crippen molar-refractivity contribution in [3.8, 4) is 11.9 Å². The summed E-state index contributed by atoms with van der Waals surface area (Å²) < 4.78 is 5.53. The van der Waals surface area contributed by atoms with Gasteiger partial charge < -0.3 is 15.0 Å². The number of piperazine rings is 1. The lowest BCUT2D eigenvalue weighted by molar-refractivity contribution is 0.118. The largest absolute Gasteiger partial charge is 0.416 e. The molecule has 1 N–H and O–H groups in total. The topological polar surface area (TPSA) is 104 Å². The zero-order valence-corrected chi connectivity index (χ0v) is 13.9. The van der Waals surface area contributed by atoms with Gasteiger partial charge in [-0.15, -0.1) is 0 Å². The average molecular weight is 344 g/mol. The number of nitriles is 1. The molecule has 0 saturated carbocycles. The molecule has 1 saturated heterocycles. The van der Waals surface area contributed by atoms with Gasteiger partial charge in [-0.2, -0.15) is 10.2 Å². The fraction of sp³-hybridized carbons (Fsp3) is 0.400. The van der Waals surface area contributed by atoms with Gasteiger partial charge in [0, 0.05) is 32.0 Å². The molecule has 1 amide bonds. The quantitative estimate of drug-likeness (QED) is 0.659. The first-order valence-corrected chi connectivity index (χ1v) is 8.67. The Kier molecular flexibility index (Phi) is 5.08. The van der Waals surface area contributed by atoms with Crippen LogP contribution in [0.25, 0.3) is 10.9 Å². The second-order valence-electron chi connectivity index (χ2n) is 5.19. The lowest BCUT2D eigenvalue weighted by Gasteiger charge is -2.33. The molecule has 2 aromatic rings. The van der Waals surface area contributed by atoms with Crippen LogP contribution < -0.4 is 10.1 Å². The second-order valence-corrected chi connectivity index (χ2v) is 5.96. The number of carbonyl (C=O) groups excluding carboxylic acids is 1. The number of nitrogens with one attached hydrogen (secondary N) is 1. The third kappa shape index (κ3) is 3.39. The first-order chi connectivity index (χ1) is 11.7. The van der Waals surface area contributed by atoms with E-state index in [2.05, 4.69) is 26.3 Å². The van der Waals surface area contributed by atoms with Crippen molar-refractivity contribution in [2.75, 3.05) is 25.9 Å². The minimum Gasteiger partial charge on any atom is -0.390 e. The van der Waals surface area contributed by atoms with Crippen molar-refractivity contribution in [3.63, 3.8) is 0 Å². The number of aromatic nitrogens is 3. The molecule has 1 fully saturated rings. The Morgan fingerprint density at radius 1 is 1.58 bits per heavy atom. The summed E-state index contributed by atoms with van der Waals surface area (Å²) >= 11 is 1.37. The average Bonchev–Trinajstić information content (AvgIpc) is 2.62. The van der Waals surface area contributed by atoms with Crippen molar-refractivity contribution in [2.24, 2.45) is 0 Å². The number of amides is 1. The predicted octanol–water partition coefficient (Wildman–Crippen LogP) is 1.43. The van der Waals surface area contributed by atoms with E-state index < -0.39 is 6.09 Å². The van der Waals surface area contributed by atoms with E-state index in [-0.39, 0.29) is 18.3 Å². The number of pyridine rings is 1. The fourth-order valence-corrected chi connectivity index (χ4v) is 2.89. The van der Waals surface area contributed by atoms with Crippen LogP contribution in [0.2, 0.25) is 0 Å². The summed E-state index contributed by atoms with van der Waals surface area (Å²) in [6.07, 6.45) is 4.81. The van der Waals surface area contributed by atoms with Gasteiger partial charge >= 0.3 is 6.09 Å². The molecule has 0 radical (unpaired) electrons. The van der Waals surface area contributed by atoms with Crippen LogP contribution in [0.15, 0.2) is 23.6 Å². The van der Waals surface area contributed by atoms with E-state index in [1.54, 1.807) is 23.4 Å². The molecule has 0 aromatic carbocycles. The van der Waals surface area contributed by atoms with Gasteiger partial charge in [-0.25, -0.2) is 9.78 Å². The van der Waals surface area contributed by atoms with Crippen LogP contribution in [0.1, 0.15) is 6.42 Å². The zero-order valence-electron chi connectivity index (χ0n) is 13.1. The third-order valence-electron chi connectivity index (χ3n) is 3.72. The summed E-state index contributed by atoms with van der Waals surface area (Å²) in [7, 11) is 0. The zero-order chi connectivity index (χ0) is 16.9. The van der Waals surface area contributed by atoms with Crippen molar-refractivity contribution in [1.82, 2.24) is 25.2 Å². The van der Waals surface area contributed by atoms with Gasteiger partial charge in [-0.3, -0.25) is 4.98 Å². The highest BCUT2D eigenvalue weighted by molar-refractivity contribution is 7.98. The van der Waals surface area contributed by atoms with Crippen molar-refractivity contribution in [2.45, 2.75) is 17.6 Å². The van der Waals surface area contributed by atoms with Crippen LogP contribution in [0, 0.1) is 11.3 Å². The summed E-state index contributed by atoms with van der Waals surface area (Å²) in [5.41, 5.74) is 0.668. The predicted molar refractivity (Wildman–Crippen MR) is 88.7 cm³/mol. The minimum atomic E-state index is -0.507. The minimum absolute atomic E-state index is 0.191. The van der Waals surface area contributed by atoms with Gasteiger partial charge in [0.25, 0.3) is 0 Å². The third-order valence-corrected chi connectivity index (χ3v) is 4.27. The number of fused-ring (bicyclic) bond motifs is 1. The summed E-state index contributed by atoms with van der Waals surface area (Å²) in [4.78, 5) is 26.9. The van der Waals surface area contributed by atoms with Crippen LogP contribution >= 0.6 is 11.8 Å². The maximum atomic E-state index is 12.6. The van der Waals surface area contributed by atoms with E-state index in [1.807, 2.05) is 6.26 Å². The molecule has 1 aliphatic heterocycles. The monoisotopic (exact) mass is 344 g/mol. The molecule has 0 spiro atoms. The van der Waals surface area contributed by atoms with E-state index in [4.69, 9.17) is 10.00 Å². The normalized spacial score (nSPS) is 17.5. The first-order valence-electron chi connectivity index (χ1n) is 7.45. The number of ether oxygens (including phenoxy) is 1. The Morgan fingerprint density at radius 2 is 2.46 bits per heavy atom. The van der Waals surface area contributed by atoms with Crippen molar-refractivity contribution in [3.05, 3.63) is 18.5 Å². The van der Waals surface area contributed by atoms with Gasteiger partial charge in [0.15, 0.2) is 5.16 Å². The van der Waals surface area contributed by atoms with E-state index >= 15 is 0 Å². The molecule has 24 heavy (non-hydrogen) atoms. The number of thioether (sulfide) groups is 1. The van der Waals surface area contributed by atoms with Gasteiger partial charge in [0.05, 0.1) is 29.4 Å². The smallest absolute Gasteiger partial charge is 0.390 e. The number of rotatable bonds is 3. The highest BCUT2D eigenvalue weighted by atomic mass is 32.2. The molecule has 1 unspecified atom stereocenters. The van der Waals surface area contributed by atoms with E-state index in [1.165, 1.54) is 11.8 Å². The summed E-state index contributed by atoms with van der Waals surface area (Å²) in [6, 6.07) is 3.65. The number of hydrogen-bond acceptors (Lipinski definition) is 8. The fourth-order valence-electron chi connectivity index (χ4n) is 2.52. The lowest BCUT2D eigenvalue weighted by atomic mass is 10.1. The number of nitrogens with zero attached hydrogens (tertiary/aromatic N) is 5. The SMILES string of the molecule is CSc1nc(OC(=O)N2CCNCC2CC#N)c2cnccc2n1. The van der Waals surface area contributed by atoms with Gasteiger partial charge in [0.1, 0.15) is 0 Å². The standard InChI is InChI=1S/C15H16N6O2S/c1-24-14-19-12-3-5-17-9-11(12)13(20-14)23-15(22)21-7-6-18-8-10(21)2-4-16/h3,5,9-10,18H,2,6-8H2,1H3. The Balaban J connectivity index is 1.88. The van der Waals surface area contributed by atoms with Crippen molar-refractivity contribution >= 4 is 28.8 Å². The molecule has 8 nitrogen and oxygen atoms in total. The van der Waals surface area contributed by atoms with Crippen LogP contribution in [0.5, 0.6) is 5.88 Å². The van der Waals surface area contributed by atoms with E-state index in [9.17, 15) is 4.79 Å². The van der Waals surface area contributed by atoms with Crippen LogP contribution in [0.4, 0.5) is 4.79 Å². The van der Waals surface area contributed by atoms with Gasteiger partial charge in [-0.1, -0.05) is 11.8 Å². The Labute approximate surface area is 143 Å². The number of carbonyl (C=O) groups is 1. The molecule has 2 aromatic heterocycles. The molecule has 3 rings (SSSR count). The van der Waals surface area contributed by atoms with Crippen molar-refractivity contribution in [1.29, 1.82) is 5.26 Å². The highest BCUT2D eigenvalue weighted by Crippen LogP contribution is 2.25. The Morgan fingerprint density at radius 3 is 3.25 bits per heavy atom. The summed E-state index contributed by atoms with van der Waals surface area (Å²) in [5, 5.41) is 13.2. The molecular weight excluding hydrogens is 328 g/mol. The maximum absolute atomic E-state index is 12.6.